The highest BCUT2D eigenvalue weighted by Gasteiger charge is 2.56. The van der Waals surface area contributed by atoms with Crippen molar-refractivity contribution >= 4 is 11.3 Å². The Morgan fingerprint density at radius 3 is 2.96 bits per heavy atom. The zero-order valence-corrected chi connectivity index (χ0v) is 15.7. The van der Waals surface area contributed by atoms with E-state index in [0.717, 1.165) is 18.8 Å². The fourth-order valence-corrected chi connectivity index (χ4v) is 4.86. The van der Waals surface area contributed by atoms with Gasteiger partial charge in [0.2, 0.25) is 0 Å². The molecule has 2 fully saturated rings. The highest BCUT2D eigenvalue weighted by molar-refractivity contribution is 7.09. The molecule has 1 aromatic heterocycles. The minimum absolute atomic E-state index is 0.542. The molecule has 2 aromatic rings. The van der Waals surface area contributed by atoms with Crippen LogP contribution in [0.5, 0.6) is 5.75 Å². The highest BCUT2D eigenvalue weighted by Crippen LogP contribution is 2.56. The number of hydrogen-bond donors (Lipinski definition) is 1. The minimum Gasteiger partial charge on any atom is -0.494 e. The van der Waals surface area contributed by atoms with Gasteiger partial charge in [-0.2, -0.15) is 0 Å². The first-order valence-corrected chi connectivity index (χ1v) is 10.2. The molecule has 134 valence electrons. The number of rotatable bonds is 7. The molecule has 1 atom stereocenters. The van der Waals surface area contributed by atoms with Crippen LogP contribution in [0.4, 0.5) is 0 Å². The lowest BCUT2D eigenvalue weighted by molar-refractivity contribution is 0.187. The fourth-order valence-electron chi connectivity index (χ4n) is 4.22. The lowest BCUT2D eigenvalue weighted by atomic mass is 9.93. The molecule has 2 heterocycles. The monoisotopic (exact) mass is 357 g/mol. The summed E-state index contributed by atoms with van der Waals surface area (Å²) in [6.07, 6.45) is 5.88. The van der Waals surface area contributed by atoms with E-state index < -0.39 is 0 Å². The molecule has 25 heavy (non-hydrogen) atoms. The summed E-state index contributed by atoms with van der Waals surface area (Å²) in [6, 6.07) is 9.25. The summed E-state index contributed by atoms with van der Waals surface area (Å²) >= 11 is 1.76. The summed E-state index contributed by atoms with van der Waals surface area (Å²) in [4.78, 5) is 7.18. The van der Waals surface area contributed by atoms with Crippen LogP contribution in [0.3, 0.4) is 0 Å². The van der Waals surface area contributed by atoms with Crippen molar-refractivity contribution in [3.05, 3.63) is 46.4 Å². The molecule has 4 nitrogen and oxygen atoms in total. The van der Waals surface area contributed by atoms with Gasteiger partial charge in [0.1, 0.15) is 10.8 Å². The van der Waals surface area contributed by atoms with E-state index in [9.17, 15) is 0 Å². The van der Waals surface area contributed by atoms with Gasteiger partial charge < -0.3 is 10.1 Å². The Morgan fingerprint density at radius 2 is 2.20 bits per heavy atom. The molecule has 1 aromatic carbocycles. The lowest BCUT2D eigenvalue weighted by Crippen LogP contribution is -2.35. The van der Waals surface area contributed by atoms with Gasteiger partial charge >= 0.3 is 0 Å². The van der Waals surface area contributed by atoms with E-state index in [1.165, 1.54) is 42.9 Å². The number of thiazole rings is 1. The summed E-state index contributed by atoms with van der Waals surface area (Å²) < 4.78 is 5.68. The lowest BCUT2D eigenvalue weighted by Gasteiger charge is -2.29. The van der Waals surface area contributed by atoms with Crippen molar-refractivity contribution in [1.29, 1.82) is 0 Å². The van der Waals surface area contributed by atoms with Crippen molar-refractivity contribution in [2.24, 2.45) is 5.41 Å². The van der Waals surface area contributed by atoms with Crippen LogP contribution in [0, 0.1) is 5.41 Å². The second-order valence-corrected chi connectivity index (χ2v) is 8.22. The Kier molecular flexibility index (Phi) is 5.06. The quantitative estimate of drug-likeness (QED) is 0.820. The molecule has 4 rings (SSSR count). The third-order valence-corrected chi connectivity index (χ3v) is 6.37. The van der Waals surface area contributed by atoms with Crippen molar-refractivity contribution in [3.63, 3.8) is 0 Å². The SMILES string of the molecule is CCOc1cccc(CN(Cc2nccs2)C2CC23CCNCC3)c1. The number of ether oxygens (including phenoxy) is 1. The van der Waals surface area contributed by atoms with E-state index in [2.05, 4.69) is 38.8 Å². The molecule has 1 saturated heterocycles. The summed E-state index contributed by atoms with van der Waals surface area (Å²) in [6.45, 7) is 7.01. The molecular weight excluding hydrogens is 330 g/mol. The second-order valence-electron chi connectivity index (χ2n) is 7.24. The maximum absolute atomic E-state index is 5.68. The van der Waals surface area contributed by atoms with Gasteiger partial charge in [0.25, 0.3) is 0 Å². The van der Waals surface area contributed by atoms with E-state index in [-0.39, 0.29) is 0 Å². The Hall–Kier alpha value is -1.43. The summed E-state index contributed by atoms with van der Waals surface area (Å²) in [5, 5.41) is 6.81. The molecule has 1 N–H and O–H groups in total. The van der Waals surface area contributed by atoms with Crippen molar-refractivity contribution in [2.75, 3.05) is 19.7 Å². The minimum atomic E-state index is 0.542. The number of piperidine rings is 1. The van der Waals surface area contributed by atoms with Crippen LogP contribution in [0.2, 0.25) is 0 Å². The molecule has 1 unspecified atom stereocenters. The van der Waals surface area contributed by atoms with Gasteiger partial charge in [-0.1, -0.05) is 12.1 Å². The van der Waals surface area contributed by atoms with E-state index >= 15 is 0 Å². The van der Waals surface area contributed by atoms with Crippen LogP contribution in [0.25, 0.3) is 0 Å². The van der Waals surface area contributed by atoms with Crippen LogP contribution in [-0.4, -0.2) is 35.6 Å². The fraction of sp³-hybridized carbons (Fsp3) is 0.550. The largest absolute Gasteiger partial charge is 0.494 e. The predicted octanol–water partition coefficient (Wildman–Crippen LogP) is 3.69. The van der Waals surface area contributed by atoms with Crippen molar-refractivity contribution in [2.45, 2.75) is 45.3 Å². The molecule has 2 aliphatic rings. The van der Waals surface area contributed by atoms with E-state index in [4.69, 9.17) is 4.74 Å². The maximum Gasteiger partial charge on any atom is 0.119 e. The zero-order chi connectivity index (χ0) is 17.1. The molecule has 0 bridgehead atoms. The Bertz CT molecular complexity index is 682. The Labute approximate surface area is 154 Å². The van der Waals surface area contributed by atoms with Crippen LogP contribution < -0.4 is 10.1 Å². The molecule has 0 radical (unpaired) electrons. The first-order chi connectivity index (χ1) is 12.3. The van der Waals surface area contributed by atoms with Crippen LogP contribution >= 0.6 is 11.3 Å². The second kappa shape index (κ2) is 7.44. The zero-order valence-electron chi connectivity index (χ0n) is 14.9. The van der Waals surface area contributed by atoms with E-state index in [1.54, 1.807) is 11.3 Å². The molecule has 1 aliphatic carbocycles. The Balaban J connectivity index is 1.50. The summed E-state index contributed by atoms with van der Waals surface area (Å²) in [7, 11) is 0. The number of nitrogens with one attached hydrogen (secondary N) is 1. The standard InChI is InChI=1S/C20H27N3OS/c1-2-24-17-5-3-4-16(12-17)14-23(15-19-22-10-11-25-19)18-13-20(18)6-8-21-9-7-20/h3-5,10-12,18,21H,2,6-9,13-15H2,1H3. The first-order valence-electron chi connectivity index (χ1n) is 9.34. The molecule has 0 amide bonds. The number of hydrogen-bond acceptors (Lipinski definition) is 5. The normalized spacial score (nSPS) is 21.6. The number of aromatic nitrogens is 1. The van der Waals surface area contributed by atoms with Crippen LogP contribution in [0.15, 0.2) is 35.8 Å². The van der Waals surface area contributed by atoms with Gasteiger partial charge in [-0.3, -0.25) is 4.90 Å². The average Bonchev–Trinajstić information content (AvgIpc) is 3.05. The van der Waals surface area contributed by atoms with Crippen molar-refractivity contribution in [1.82, 2.24) is 15.2 Å². The topological polar surface area (TPSA) is 37.4 Å². The third-order valence-electron chi connectivity index (χ3n) is 5.60. The predicted molar refractivity (Wildman–Crippen MR) is 102 cm³/mol. The van der Waals surface area contributed by atoms with E-state index in [0.29, 0.717) is 18.1 Å². The van der Waals surface area contributed by atoms with Gasteiger partial charge in [-0.25, -0.2) is 4.98 Å². The molecular formula is C20H27N3OS. The van der Waals surface area contributed by atoms with Gasteiger partial charge in [0, 0.05) is 24.2 Å². The molecule has 1 spiro atoms. The van der Waals surface area contributed by atoms with Crippen molar-refractivity contribution in [3.8, 4) is 5.75 Å². The van der Waals surface area contributed by atoms with Crippen LogP contribution in [-0.2, 0) is 13.1 Å². The highest BCUT2D eigenvalue weighted by atomic mass is 32.1. The smallest absolute Gasteiger partial charge is 0.119 e. The van der Waals surface area contributed by atoms with Crippen LogP contribution in [0.1, 0.15) is 36.8 Å². The molecule has 1 aliphatic heterocycles. The maximum atomic E-state index is 5.68. The van der Waals surface area contributed by atoms with E-state index in [1.807, 2.05) is 19.2 Å². The first kappa shape index (κ1) is 17.0. The Morgan fingerprint density at radius 1 is 1.32 bits per heavy atom. The number of benzene rings is 1. The van der Waals surface area contributed by atoms with Gasteiger partial charge in [-0.15, -0.1) is 11.3 Å². The summed E-state index contributed by atoms with van der Waals surface area (Å²) in [5.41, 5.74) is 1.87. The van der Waals surface area contributed by atoms with Crippen molar-refractivity contribution < 1.29 is 4.74 Å². The number of nitrogens with zero attached hydrogens (tertiary/aromatic N) is 2. The molecule has 5 heteroatoms. The van der Waals surface area contributed by atoms with Gasteiger partial charge in [-0.05, 0) is 62.4 Å². The van der Waals surface area contributed by atoms with Gasteiger partial charge in [0.05, 0.1) is 13.2 Å². The third kappa shape index (κ3) is 3.89. The van der Waals surface area contributed by atoms with Gasteiger partial charge in [0.15, 0.2) is 0 Å². The summed E-state index contributed by atoms with van der Waals surface area (Å²) in [5.74, 6) is 0.974. The molecule has 1 saturated carbocycles. The average molecular weight is 358 g/mol.